The molecule has 32 heavy (non-hydrogen) atoms. The van der Waals surface area contributed by atoms with Gasteiger partial charge in [-0.2, -0.15) is 0 Å². The summed E-state index contributed by atoms with van der Waals surface area (Å²) in [5.74, 6) is 0.711. The minimum Gasteiger partial charge on any atom is -0.296 e. The molecule has 3 heterocycles. The van der Waals surface area contributed by atoms with Crippen LogP contribution in [0.1, 0.15) is 38.4 Å². The fourth-order valence-electron chi connectivity index (χ4n) is 4.25. The highest BCUT2D eigenvalue weighted by molar-refractivity contribution is 9.10. The number of aromatic nitrogens is 5. The topological polar surface area (TPSA) is 65.6 Å². The first-order valence-corrected chi connectivity index (χ1v) is 11.8. The van der Waals surface area contributed by atoms with Crippen LogP contribution in [0.25, 0.3) is 38.9 Å². The first kappa shape index (κ1) is 20.8. The largest absolute Gasteiger partial charge is 0.296 e. The smallest absolute Gasteiger partial charge is 0.265 e. The number of fused-ring (bicyclic) bond motifs is 4. The Hall–Kier alpha value is -3.06. The Kier molecular flexibility index (Phi) is 5.51. The van der Waals surface area contributed by atoms with Gasteiger partial charge in [0, 0.05) is 11.0 Å². The average Bonchev–Trinajstić information content (AvgIpc) is 3.09. The molecular formula is C25H24BrN5O. The highest BCUT2D eigenvalue weighted by atomic mass is 79.9. The van der Waals surface area contributed by atoms with Crippen molar-refractivity contribution in [2.24, 2.45) is 0 Å². The van der Waals surface area contributed by atoms with Crippen LogP contribution in [-0.4, -0.2) is 24.1 Å². The van der Waals surface area contributed by atoms with E-state index in [1.165, 1.54) is 6.42 Å². The van der Waals surface area contributed by atoms with Gasteiger partial charge < -0.3 is 0 Å². The van der Waals surface area contributed by atoms with Crippen LogP contribution in [0.2, 0.25) is 0 Å². The summed E-state index contributed by atoms with van der Waals surface area (Å²) >= 11 is 3.56. The van der Waals surface area contributed by atoms with E-state index in [4.69, 9.17) is 15.0 Å². The Balaban J connectivity index is 1.85. The lowest BCUT2D eigenvalue weighted by molar-refractivity contribution is 0.556. The third-order valence-corrected chi connectivity index (χ3v) is 6.35. The molecule has 0 aliphatic heterocycles. The predicted octanol–water partition coefficient (Wildman–Crippen LogP) is 5.93. The maximum atomic E-state index is 13.7. The predicted molar refractivity (Wildman–Crippen MR) is 133 cm³/mol. The molecule has 0 fully saturated rings. The molecule has 2 aromatic carbocycles. The Bertz CT molecular complexity index is 1520. The molecule has 0 spiro atoms. The van der Waals surface area contributed by atoms with Gasteiger partial charge in [-0.05, 0) is 43.7 Å². The number of aryl methyl sites for hydroxylation is 1. The lowest BCUT2D eigenvalue weighted by Crippen LogP contribution is -2.24. The van der Waals surface area contributed by atoms with Gasteiger partial charge in [0.15, 0.2) is 11.3 Å². The molecule has 0 bridgehead atoms. The summed E-state index contributed by atoms with van der Waals surface area (Å²) in [7, 11) is 0. The molecule has 0 N–H and O–H groups in total. The van der Waals surface area contributed by atoms with Crippen LogP contribution < -0.4 is 5.56 Å². The number of halogens is 1. The van der Waals surface area contributed by atoms with Crippen LogP contribution in [0, 0.1) is 6.92 Å². The maximum Gasteiger partial charge on any atom is 0.265 e. The van der Waals surface area contributed by atoms with Crippen molar-refractivity contribution in [2.45, 2.75) is 46.1 Å². The number of benzene rings is 2. The van der Waals surface area contributed by atoms with E-state index in [9.17, 15) is 4.79 Å². The Labute approximate surface area is 194 Å². The van der Waals surface area contributed by atoms with Crippen molar-refractivity contribution in [3.63, 3.8) is 0 Å². The van der Waals surface area contributed by atoms with Crippen LogP contribution in [-0.2, 0) is 6.54 Å². The number of hydrogen-bond acceptors (Lipinski definition) is 4. The van der Waals surface area contributed by atoms with Gasteiger partial charge in [-0.15, -0.1) is 0 Å². The number of para-hydroxylation sites is 2. The zero-order valence-electron chi connectivity index (χ0n) is 18.2. The average molecular weight is 490 g/mol. The van der Waals surface area contributed by atoms with Crippen molar-refractivity contribution >= 4 is 49.2 Å². The monoisotopic (exact) mass is 489 g/mol. The molecule has 3 aromatic heterocycles. The van der Waals surface area contributed by atoms with Crippen LogP contribution in [0.15, 0.2) is 57.8 Å². The maximum absolute atomic E-state index is 13.7. The SMILES string of the molecule is CCCCCCn1c(C)nc2c(c1=O)c1nc3ccccc3nc1n2-c1cccc(Br)c1. The quantitative estimate of drug-likeness (QED) is 0.277. The van der Waals surface area contributed by atoms with Crippen molar-refractivity contribution in [3.8, 4) is 5.69 Å². The van der Waals surface area contributed by atoms with Crippen molar-refractivity contribution in [1.29, 1.82) is 0 Å². The van der Waals surface area contributed by atoms with Crippen molar-refractivity contribution in [3.05, 3.63) is 69.2 Å². The molecule has 0 unspecified atom stereocenters. The molecule has 0 amide bonds. The first-order chi connectivity index (χ1) is 15.6. The van der Waals surface area contributed by atoms with Crippen LogP contribution in [0.3, 0.4) is 0 Å². The minimum absolute atomic E-state index is 0.0488. The molecule has 6 nitrogen and oxygen atoms in total. The van der Waals surface area contributed by atoms with Gasteiger partial charge in [0.05, 0.1) is 16.7 Å². The van der Waals surface area contributed by atoms with Gasteiger partial charge in [-0.3, -0.25) is 13.9 Å². The number of nitrogens with zero attached hydrogens (tertiary/aromatic N) is 5. The molecule has 0 saturated heterocycles. The third kappa shape index (κ3) is 3.50. The van der Waals surface area contributed by atoms with E-state index < -0.39 is 0 Å². The lowest BCUT2D eigenvalue weighted by Gasteiger charge is -2.11. The second-order valence-electron chi connectivity index (χ2n) is 8.07. The molecule has 0 aliphatic carbocycles. The summed E-state index contributed by atoms with van der Waals surface area (Å²) in [6.07, 6.45) is 4.39. The standard InChI is InChI=1S/C25H24BrN5O/c1-3-4-5-8-14-30-16(2)27-23-21(25(30)32)22-24(29-20-13-7-6-12-19(20)28-22)31(23)18-11-9-10-17(26)15-18/h6-7,9-13,15H,3-5,8,14H2,1-2H3. The van der Waals surface area contributed by atoms with Gasteiger partial charge >= 0.3 is 0 Å². The second-order valence-corrected chi connectivity index (χ2v) is 8.99. The number of hydrogen-bond donors (Lipinski definition) is 0. The summed E-state index contributed by atoms with van der Waals surface area (Å²) in [6, 6.07) is 15.7. The van der Waals surface area contributed by atoms with E-state index in [-0.39, 0.29) is 5.56 Å². The number of rotatable bonds is 6. The van der Waals surface area contributed by atoms with Crippen LogP contribution in [0.4, 0.5) is 0 Å². The van der Waals surface area contributed by atoms with Crippen molar-refractivity contribution in [1.82, 2.24) is 24.1 Å². The summed E-state index contributed by atoms with van der Waals surface area (Å²) < 4.78 is 4.68. The Morgan fingerprint density at radius 2 is 1.69 bits per heavy atom. The molecular weight excluding hydrogens is 466 g/mol. The van der Waals surface area contributed by atoms with Crippen LogP contribution in [0.5, 0.6) is 0 Å². The molecule has 0 atom stereocenters. The van der Waals surface area contributed by atoms with Gasteiger partial charge in [0.1, 0.15) is 16.7 Å². The summed E-state index contributed by atoms with van der Waals surface area (Å²) in [6.45, 7) is 4.75. The van der Waals surface area contributed by atoms with Gasteiger partial charge in [-0.25, -0.2) is 15.0 Å². The van der Waals surface area contributed by atoms with Gasteiger partial charge in [0.25, 0.3) is 5.56 Å². The highest BCUT2D eigenvalue weighted by Crippen LogP contribution is 2.29. The van der Waals surface area contributed by atoms with E-state index in [1.807, 2.05) is 60.0 Å². The van der Waals surface area contributed by atoms with E-state index in [1.54, 1.807) is 4.57 Å². The van der Waals surface area contributed by atoms with E-state index in [0.717, 1.165) is 40.5 Å². The molecule has 7 heteroatoms. The highest BCUT2D eigenvalue weighted by Gasteiger charge is 2.22. The second kappa shape index (κ2) is 8.47. The zero-order valence-corrected chi connectivity index (χ0v) is 19.8. The van der Waals surface area contributed by atoms with Crippen molar-refractivity contribution < 1.29 is 0 Å². The first-order valence-electron chi connectivity index (χ1n) is 11.0. The van der Waals surface area contributed by atoms with Crippen molar-refractivity contribution in [2.75, 3.05) is 0 Å². The van der Waals surface area contributed by atoms with E-state index in [2.05, 4.69) is 22.9 Å². The molecule has 5 aromatic rings. The van der Waals surface area contributed by atoms with E-state index in [0.29, 0.717) is 34.6 Å². The van der Waals surface area contributed by atoms with Gasteiger partial charge in [-0.1, -0.05) is 60.3 Å². The normalized spacial score (nSPS) is 11.7. The molecule has 0 aliphatic rings. The zero-order chi connectivity index (χ0) is 22.2. The fourth-order valence-corrected chi connectivity index (χ4v) is 4.64. The summed E-state index contributed by atoms with van der Waals surface area (Å²) in [4.78, 5) is 28.4. The lowest BCUT2D eigenvalue weighted by atomic mass is 10.2. The molecule has 0 saturated carbocycles. The fraction of sp³-hybridized carbons (Fsp3) is 0.280. The number of unbranched alkanes of at least 4 members (excludes halogenated alkanes) is 3. The third-order valence-electron chi connectivity index (χ3n) is 5.86. The summed E-state index contributed by atoms with van der Waals surface area (Å²) in [5, 5.41) is 0.527. The minimum atomic E-state index is -0.0488. The Morgan fingerprint density at radius 3 is 2.44 bits per heavy atom. The molecule has 5 rings (SSSR count). The van der Waals surface area contributed by atoms with Gasteiger partial charge in [0.2, 0.25) is 0 Å². The van der Waals surface area contributed by atoms with Crippen LogP contribution >= 0.6 is 15.9 Å². The van der Waals surface area contributed by atoms with E-state index >= 15 is 0 Å². The summed E-state index contributed by atoms with van der Waals surface area (Å²) in [5.41, 5.74) is 4.23. The molecule has 0 radical (unpaired) electrons. The Morgan fingerprint density at radius 1 is 0.906 bits per heavy atom. The molecule has 162 valence electrons.